The van der Waals surface area contributed by atoms with E-state index < -0.39 is 6.04 Å². The number of carbonyl (C=O) groups excluding carboxylic acids is 1. The molecule has 0 aliphatic carbocycles. The molecule has 0 radical (unpaired) electrons. The second-order valence-electron chi connectivity index (χ2n) is 5.10. The lowest BCUT2D eigenvalue weighted by atomic mass is 10.0. The van der Waals surface area contributed by atoms with E-state index in [-0.39, 0.29) is 17.7 Å². The Hall–Kier alpha value is -1.69. The summed E-state index contributed by atoms with van der Waals surface area (Å²) in [7, 11) is 1.34. The van der Waals surface area contributed by atoms with Gasteiger partial charge in [-0.25, -0.2) is 9.18 Å². The van der Waals surface area contributed by atoms with Crippen LogP contribution in [0.3, 0.4) is 0 Å². The van der Waals surface area contributed by atoms with Gasteiger partial charge in [0.1, 0.15) is 17.4 Å². The topological polar surface area (TPSA) is 47.0 Å². The summed E-state index contributed by atoms with van der Waals surface area (Å²) in [4.78, 5) is 14.9. The van der Waals surface area contributed by atoms with Gasteiger partial charge in [0.2, 0.25) is 0 Å². The van der Waals surface area contributed by atoms with Crippen LogP contribution in [0, 0.1) is 16.5 Å². The Kier molecular flexibility index (Phi) is 4.23. The van der Waals surface area contributed by atoms with Crippen molar-refractivity contribution in [3.63, 3.8) is 0 Å². The average Bonchev–Trinajstić information content (AvgIpc) is 2.73. The third-order valence-corrected chi connectivity index (χ3v) is 3.48. The maximum atomic E-state index is 13.8. The van der Waals surface area contributed by atoms with Gasteiger partial charge >= 0.3 is 5.97 Å². The molecule has 1 atom stereocenters. The standard InChI is InChI=1S/C14H17FN2O2S/c1-8(2)7-11(13(18)19-3)17-10-6-4-5-9(15)12(10)16-14(17)20/h4-6,8,11H,7H2,1-3H3,(H,16,20). The number of ether oxygens (including phenoxy) is 1. The average molecular weight is 296 g/mol. The summed E-state index contributed by atoms with van der Waals surface area (Å²) in [6.07, 6.45) is 0.574. The minimum absolute atomic E-state index is 0.277. The van der Waals surface area contributed by atoms with Crippen LogP contribution in [0.5, 0.6) is 0 Å². The molecule has 1 unspecified atom stereocenters. The van der Waals surface area contributed by atoms with Gasteiger partial charge in [-0.3, -0.25) is 0 Å². The van der Waals surface area contributed by atoms with Crippen molar-refractivity contribution in [1.29, 1.82) is 0 Å². The van der Waals surface area contributed by atoms with Gasteiger partial charge in [-0.15, -0.1) is 0 Å². The highest BCUT2D eigenvalue weighted by molar-refractivity contribution is 7.71. The van der Waals surface area contributed by atoms with E-state index in [1.807, 2.05) is 13.8 Å². The summed E-state index contributed by atoms with van der Waals surface area (Å²) in [5.41, 5.74) is 0.890. The Bertz CT molecular complexity index is 690. The number of methoxy groups -OCH3 is 1. The highest BCUT2D eigenvalue weighted by Gasteiger charge is 2.25. The molecule has 2 rings (SSSR count). The third-order valence-electron chi connectivity index (χ3n) is 3.18. The Balaban J connectivity index is 2.64. The number of benzene rings is 1. The highest BCUT2D eigenvalue weighted by atomic mass is 32.1. The summed E-state index contributed by atoms with van der Waals surface area (Å²) in [6, 6.07) is 4.14. The molecule has 1 N–H and O–H groups in total. The third kappa shape index (κ3) is 2.60. The number of esters is 1. The van der Waals surface area contributed by atoms with Crippen LogP contribution in [-0.2, 0) is 9.53 Å². The van der Waals surface area contributed by atoms with E-state index >= 15 is 0 Å². The van der Waals surface area contributed by atoms with E-state index in [0.29, 0.717) is 22.2 Å². The lowest BCUT2D eigenvalue weighted by molar-refractivity contribution is -0.145. The number of para-hydroxylation sites is 1. The Morgan fingerprint density at radius 1 is 1.50 bits per heavy atom. The molecule has 2 aromatic rings. The first kappa shape index (κ1) is 14.7. The number of carbonyl (C=O) groups is 1. The van der Waals surface area contributed by atoms with Crippen molar-refractivity contribution in [2.24, 2.45) is 5.92 Å². The van der Waals surface area contributed by atoms with E-state index in [9.17, 15) is 9.18 Å². The number of halogens is 1. The Morgan fingerprint density at radius 2 is 2.20 bits per heavy atom. The first-order chi connectivity index (χ1) is 9.45. The van der Waals surface area contributed by atoms with Gasteiger partial charge in [0.05, 0.1) is 12.6 Å². The largest absolute Gasteiger partial charge is 0.467 e. The maximum absolute atomic E-state index is 13.8. The van der Waals surface area contributed by atoms with E-state index in [0.717, 1.165) is 0 Å². The van der Waals surface area contributed by atoms with Crippen molar-refractivity contribution in [2.75, 3.05) is 7.11 Å². The number of aromatic nitrogens is 2. The zero-order valence-corrected chi connectivity index (χ0v) is 12.5. The second kappa shape index (κ2) is 5.75. The molecule has 0 saturated heterocycles. The number of imidazole rings is 1. The summed E-state index contributed by atoms with van der Waals surface area (Å²) >= 11 is 5.24. The summed E-state index contributed by atoms with van der Waals surface area (Å²) in [6.45, 7) is 4.02. The number of aromatic amines is 1. The molecule has 1 aromatic heterocycles. The highest BCUT2D eigenvalue weighted by Crippen LogP contribution is 2.26. The van der Waals surface area contributed by atoms with Crippen LogP contribution in [0.2, 0.25) is 0 Å². The van der Waals surface area contributed by atoms with Crippen molar-refractivity contribution in [1.82, 2.24) is 9.55 Å². The fourth-order valence-electron chi connectivity index (χ4n) is 2.31. The van der Waals surface area contributed by atoms with Crippen molar-refractivity contribution in [3.8, 4) is 0 Å². The normalized spacial score (nSPS) is 12.8. The molecule has 4 nitrogen and oxygen atoms in total. The second-order valence-corrected chi connectivity index (χ2v) is 5.49. The Labute approximate surface area is 121 Å². The van der Waals surface area contributed by atoms with Crippen LogP contribution in [0.4, 0.5) is 4.39 Å². The molecule has 0 aliphatic heterocycles. The van der Waals surface area contributed by atoms with Gasteiger partial charge in [-0.05, 0) is 36.7 Å². The fraction of sp³-hybridized carbons (Fsp3) is 0.429. The molecule has 0 bridgehead atoms. The molecule has 1 aromatic carbocycles. The lowest BCUT2D eigenvalue weighted by Crippen LogP contribution is -2.22. The van der Waals surface area contributed by atoms with Gasteiger partial charge in [0.15, 0.2) is 4.77 Å². The minimum Gasteiger partial charge on any atom is -0.467 e. The smallest absolute Gasteiger partial charge is 0.328 e. The molecule has 0 amide bonds. The van der Waals surface area contributed by atoms with Gasteiger partial charge < -0.3 is 14.3 Å². The molecule has 0 aliphatic rings. The molecule has 0 spiro atoms. The number of H-pyrrole nitrogens is 1. The van der Waals surface area contributed by atoms with Gasteiger partial charge in [0.25, 0.3) is 0 Å². The Morgan fingerprint density at radius 3 is 2.80 bits per heavy atom. The van der Waals surface area contributed by atoms with Gasteiger partial charge in [-0.2, -0.15) is 0 Å². The molecular weight excluding hydrogens is 279 g/mol. The van der Waals surface area contributed by atoms with Crippen LogP contribution in [-0.4, -0.2) is 22.6 Å². The first-order valence-electron chi connectivity index (χ1n) is 6.42. The quantitative estimate of drug-likeness (QED) is 0.692. The first-order valence-corrected chi connectivity index (χ1v) is 6.83. The van der Waals surface area contributed by atoms with E-state index in [1.54, 1.807) is 16.7 Å². The van der Waals surface area contributed by atoms with Crippen molar-refractivity contribution < 1.29 is 13.9 Å². The maximum Gasteiger partial charge on any atom is 0.328 e. The van der Waals surface area contributed by atoms with Crippen LogP contribution in [0.25, 0.3) is 11.0 Å². The molecule has 1 heterocycles. The van der Waals surface area contributed by atoms with Crippen LogP contribution in [0.1, 0.15) is 26.3 Å². The van der Waals surface area contributed by atoms with Crippen LogP contribution < -0.4 is 0 Å². The molecule has 6 heteroatoms. The van der Waals surface area contributed by atoms with Crippen LogP contribution >= 0.6 is 12.2 Å². The van der Waals surface area contributed by atoms with Crippen LogP contribution in [0.15, 0.2) is 18.2 Å². The molecular formula is C14H17FN2O2S. The number of rotatable bonds is 4. The number of nitrogens with zero attached hydrogens (tertiary/aromatic N) is 1. The lowest BCUT2D eigenvalue weighted by Gasteiger charge is -2.19. The molecule has 108 valence electrons. The van der Waals surface area contributed by atoms with E-state index in [1.165, 1.54) is 13.2 Å². The zero-order chi connectivity index (χ0) is 14.9. The summed E-state index contributed by atoms with van der Waals surface area (Å²) < 4.78 is 20.6. The monoisotopic (exact) mass is 296 g/mol. The predicted molar refractivity (Wildman–Crippen MR) is 77.6 cm³/mol. The number of hydrogen-bond acceptors (Lipinski definition) is 3. The van der Waals surface area contributed by atoms with E-state index in [2.05, 4.69) is 4.98 Å². The summed E-state index contributed by atoms with van der Waals surface area (Å²) in [5.74, 6) is -0.486. The number of fused-ring (bicyclic) bond motifs is 1. The number of nitrogens with one attached hydrogen (secondary N) is 1. The van der Waals surface area contributed by atoms with Crippen molar-refractivity contribution >= 4 is 29.2 Å². The molecule has 0 saturated carbocycles. The van der Waals surface area contributed by atoms with E-state index in [4.69, 9.17) is 17.0 Å². The van der Waals surface area contributed by atoms with Gasteiger partial charge in [-0.1, -0.05) is 19.9 Å². The minimum atomic E-state index is -0.553. The zero-order valence-electron chi connectivity index (χ0n) is 11.6. The SMILES string of the molecule is COC(=O)C(CC(C)C)n1c(=S)[nH]c2c(F)cccc21. The molecule has 0 fully saturated rings. The molecule has 20 heavy (non-hydrogen) atoms. The van der Waals surface area contributed by atoms with Crippen molar-refractivity contribution in [3.05, 3.63) is 28.8 Å². The fourth-order valence-corrected chi connectivity index (χ4v) is 2.64. The van der Waals surface area contributed by atoms with Crippen molar-refractivity contribution in [2.45, 2.75) is 26.3 Å². The summed E-state index contributed by atoms with van der Waals surface area (Å²) in [5, 5.41) is 0. The predicted octanol–water partition coefficient (Wildman–Crippen LogP) is 3.60. The van der Waals surface area contributed by atoms with Gasteiger partial charge in [0, 0.05) is 0 Å². The number of hydrogen-bond donors (Lipinski definition) is 1.